The van der Waals surface area contributed by atoms with E-state index >= 15 is 0 Å². The minimum atomic E-state index is 0.297. The van der Waals surface area contributed by atoms with Gasteiger partial charge in [-0.25, -0.2) is 0 Å². The highest BCUT2D eigenvalue weighted by molar-refractivity contribution is 5.33. The number of para-hydroxylation sites is 1. The van der Waals surface area contributed by atoms with Crippen LogP contribution in [0.1, 0.15) is 5.56 Å². The van der Waals surface area contributed by atoms with Gasteiger partial charge in [-0.15, -0.1) is 0 Å². The van der Waals surface area contributed by atoms with Crippen LogP contribution in [0.25, 0.3) is 0 Å². The van der Waals surface area contributed by atoms with Gasteiger partial charge in [0.2, 0.25) is 0 Å². The van der Waals surface area contributed by atoms with Crippen molar-refractivity contribution >= 4 is 0 Å². The van der Waals surface area contributed by atoms with E-state index in [9.17, 15) is 0 Å². The molecule has 3 heteroatoms. The summed E-state index contributed by atoms with van der Waals surface area (Å²) < 4.78 is 10.6. The van der Waals surface area contributed by atoms with Crippen LogP contribution in [0.5, 0.6) is 5.75 Å². The Morgan fingerprint density at radius 2 is 2.23 bits per heavy atom. The molecule has 1 aliphatic heterocycles. The van der Waals surface area contributed by atoms with Gasteiger partial charge >= 0.3 is 0 Å². The van der Waals surface area contributed by atoms with E-state index in [0.717, 1.165) is 17.9 Å². The molecule has 0 amide bonds. The highest BCUT2D eigenvalue weighted by atomic mass is 16.6. The highest BCUT2D eigenvalue weighted by Crippen LogP contribution is 2.19. The van der Waals surface area contributed by atoms with Gasteiger partial charge in [-0.2, -0.15) is 0 Å². The van der Waals surface area contributed by atoms with Gasteiger partial charge < -0.3 is 15.2 Å². The molecule has 1 aliphatic rings. The summed E-state index contributed by atoms with van der Waals surface area (Å²) in [5, 5.41) is 0. The molecule has 0 spiro atoms. The van der Waals surface area contributed by atoms with Crippen molar-refractivity contribution in [2.45, 2.75) is 12.6 Å². The first-order valence-electron chi connectivity index (χ1n) is 4.42. The molecule has 0 radical (unpaired) electrons. The van der Waals surface area contributed by atoms with Crippen molar-refractivity contribution in [2.75, 3.05) is 13.2 Å². The lowest BCUT2D eigenvalue weighted by Gasteiger charge is -2.08. The Bertz CT molecular complexity index is 284. The molecule has 1 aromatic carbocycles. The van der Waals surface area contributed by atoms with Crippen molar-refractivity contribution in [3.63, 3.8) is 0 Å². The topological polar surface area (TPSA) is 47.8 Å². The molecule has 0 saturated carbocycles. The second kappa shape index (κ2) is 3.77. The molecule has 1 fully saturated rings. The molecule has 0 aliphatic carbocycles. The number of rotatable bonds is 4. The summed E-state index contributed by atoms with van der Waals surface area (Å²) >= 11 is 0. The SMILES string of the molecule is NCc1ccccc1OCC1CO1. The number of epoxide rings is 1. The molecule has 70 valence electrons. The maximum Gasteiger partial charge on any atom is 0.123 e. The number of nitrogens with two attached hydrogens (primary N) is 1. The summed E-state index contributed by atoms with van der Waals surface area (Å²) in [6.07, 6.45) is 0.297. The second-order valence-corrected chi connectivity index (χ2v) is 3.08. The lowest BCUT2D eigenvalue weighted by molar-refractivity contribution is 0.261. The molecule has 3 nitrogen and oxygen atoms in total. The smallest absolute Gasteiger partial charge is 0.123 e. The Labute approximate surface area is 77.5 Å². The van der Waals surface area contributed by atoms with Crippen LogP contribution in [-0.2, 0) is 11.3 Å². The molecule has 1 saturated heterocycles. The molecule has 1 heterocycles. The third-order valence-corrected chi connectivity index (χ3v) is 2.02. The zero-order valence-corrected chi connectivity index (χ0v) is 7.40. The van der Waals surface area contributed by atoms with Gasteiger partial charge in [-0.3, -0.25) is 0 Å². The van der Waals surface area contributed by atoms with Crippen LogP contribution in [-0.4, -0.2) is 19.3 Å². The number of hydrogen-bond acceptors (Lipinski definition) is 3. The van der Waals surface area contributed by atoms with Crippen molar-refractivity contribution in [2.24, 2.45) is 5.73 Å². The molecule has 1 atom stereocenters. The third-order valence-electron chi connectivity index (χ3n) is 2.02. The number of hydrogen-bond donors (Lipinski definition) is 1. The number of ether oxygens (including phenoxy) is 2. The fourth-order valence-electron chi connectivity index (χ4n) is 1.16. The predicted molar refractivity (Wildman–Crippen MR) is 49.6 cm³/mol. The zero-order valence-electron chi connectivity index (χ0n) is 7.40. The van der Waals surface area contributed by atoms with Crippen LogP contribution in [0.2, 0.25) is 0 Å². The zero-order chi connectivity index (χ0) is 9.10. The van der Waals surface area contributed by atoms with Gasteiger partial charge in [-0.1, -0.05) is 18.2 Å². The van der Waals surface area contributed by atoms with Gasteiger partial charge in [0.15, 0.2) is 0 Å². The van der Waals surface area contributed by atoms with Crippen LogP contribution in [0, 0.1) is 0 Å². The van der Waals surface area contributed by atoms with Crippen LogP contribution < -0.4 is 10.5 Å². The normalized spacial score (nSPS) is 19.9. The summed E-state index contributed by atoms with van der Waals surface area (Å²) in [7, 11) is 0. The van der Waals surface area contributed by atoms with Crippen LogP contribution in [0.15, 0.2) is 24.3 Å². The first-order valence-corrected chi connectivity index (χ1v) is 4.42. The molecule has 13 heavy (non-hydrogen) atoms. The maximum absolute atomic E-state index is 5.56. The van der Waals surface area contributed by atoms with Crippen LogP contribution in [0.3, 0.4) is 0 Å². The van der Waals surface area contributed by atoms with E-state index in [1.807, 2.05) is 24.3 Å². The average molecular weight is 179 g/mol. The van der Waals surface area contributed by atoms with Crippen molar-refractivity contribution in [3.05, 3.63) is 29.8 Å². The molecule has 1 unspecified atom stereocenters. The van der Waals surface area contributed by atoms with E-state index in [4.69, 9.17) is 15.2 Å². The first-order chi connectivity index (χ1) is 6.40. The van der Waals surface area contributed by atoms with Crippen molar-refractivity contribution < 1.29 is 9.47 Å². The lowest BCUT2D eigenvalue weighted by Crippen LogP contribution is -2.07. The first kappa shape index (κ1) is 8.53. The highest BCUT2D eigenvalue weighted by Gasteiger charge is 2.23. The van der Waals surface area contributed by atoms with Gasteiger partial charge in [0.1, 0.15) is 18.5 Å². The van der Waals surface area contributed by atoms with E-state index in [2.05, 4.69) is 0 Å². The van der Waals surface area contributed by atoms with Crippen molar-refractivity contribution in [1.29, 1.82) is 0 Å². The maximum atomic E-state index is 5.56. The van der Waals surface area contributed by atoms with E-state index in [1.54, 1.807) is 0 Å². The van der Waals surface area contributed by atoms with Gasteiger partial charge in [-0.05, 0) is 6.07 Å². The Morgan fingerprint density at radius 3 is 2.92 bits per heavy atom. The fraction of sp³-hybridized carbons (Fsp3) is 0.400. The summed E-state index contributed by atoms with van der Waals surface area (Å²) in [6, 6.07) is 7.82. The molecule has 2 N–H and O–H groups in total. The van der Waals surface area contributed by atoms with Crippen LogP contribution >= 0.6 is 0 Å². The summed E-state index contributed by atoms with van der Waals surface area (Å²) in [5.74, 6) is 0.875. The summed E-state index contributed by atoms with van der Waals surface area (Å²) in [6.45, 7) is 1.98. The Hall–Kier alpha value is -1.06. The minimum absolute atomic E-state index is 0.297. The monoisotopic (exact) mass is 179 g/mol. The minimum Gasteiger partial charge on any atom is -0.490 e. The lowest BCUT2D eigenvalue weighted by atomic mass is 10.2. The predicted octanol–water partition coefficient (Wildman–Crippen LogP) is 0.923. The Balaban J connectivity index is 1.99. The molecular formula is C10H13NO2. The standard InChI is InChI=1S/C10H13NO2/c11-5-8-3-1-2-4-10(8)13-7-9-6-12-9/h1-4,9H,5-7,11H2. The second-order valence-electron chi connectivity index (χ2n) is 3.08. The molecule has 1 aromatic rings. The summed E-state index contributed by atoms with van der Waals surface area (Å²) in [4.78, 5) is 0. The molecular weight excluding hydrogens is 166 g/mol. The fourth-order valence-corrected chi connectivity index (χ4v) is 1.16. The largest absolute Gasteiger partial charge is 0.490 e. The molecule has 0 aromatic heterocycles. The average Bonchev–Trinajstić information content (AvgIpc) is 2.99. The van der Waals surface area contributed by atoms with E-state index in [-0.39, 0.29) is 0 Å². The van der Waals surface area contributed by atoms with E-state index in [0.29, 0.717) is 19.3 Å². The molecule has 2 rings (SSSR count). The molecule has 0 bridgehead atoms. The van der Waals surface area contributed by atoms with E-state index in [1.165, 1.54) is 0 Å². The van der Waals surface area contributed by atoms with Crippen molar-refractivity contribution in [3.8, 4) is 5.75 Å². The quantitative estimate of drug-likeness (QED) is 0.699. The van der Waals surface area contributed by atoms with E-state index < -0.39 is 0 Å². The van der Waals surface area contributed by atoms with Crippen LogP contribution in [0.4, 0.5) is 0 Å². The number of benzene rings is 1. The van der Waals surface area contributed by atoms with Gasteiger partial charge in [0.25, 0.3) is 0 Å². The van der Waals surface area contributed by atoms with Gasteiger partial charge in [0, 0.05) is 12.1 Å². The van der Waals surface area contributed by atoms with Gasteiger partial charge in [0.05, 0.1) is 6.61 Å². The Kier molecular flexibility index (Phi) is 2.47. The third kappa shape index (κ3) is 2.20. The van der Waals surface area contributed by atoms with Crippen molar-refractivity contribution in [1.82, 2.24) is 0 Å². The Morgan fingerprint density at radius 1 is 1.46 bits per heavy atom. The summed E-state index contributed by atoms with van der Waals surface area (Å²) in [5.41, 5.74) is 6.61.